The van der Waals surface area contributed by atoms with E-state index in [2.05, 4.69) is 5.32 Å². The van der Waals surface area contributed by atoms with E-state index in [9.17, 15) is 14.7 Å². The van der Waals surface area contributed by atoms with Crippen LogP contribution in [0.4, 0.5) is 0 Å². The number of carboxylic acids is 1. The fourth-order valence-electron chi connectivity index (χ4n) is 3.96. The van der Waals surface area contributed by atoms with Gasteiger partial charge in [0.05, 0.1) is 0 Å². The number of halogens is 1. The lowest BCUT2D eigenvalue weighted by Crippen LogP contribution is -2.45. The zero-order chi connectivity index (χ0) is 15.0. The molecule has 0 heterocycles. The fourth-order valence-corrected chi connectivity index (χ4v) is 4.17. The van der Waals surface area contributed by atoms with Crippen molar-refractivity contribution in [2.24, 2.45) is 23.7 Å². The molecule has 3 rings (SSSR count). The molecule has 2 saturated carbocycles. The van der Waals surface area contributed by atoms with Crippen LogP contribution in [-0.4, -0.2) is 11.9 Å². The van der Waals surface area contributed by atoms with E-state index < -0.39 is 17.8 Å². The zero-order valence-electron chi connectivity index (χ0n) is 11.5. The van der Waals surface area contributed by atoms with Crippen molar-refractivity contribution < 1.29 is 14.7 Å². The minimum Gasteiger partial charge on any atom is -0.550 e. The first-order chi connectivity index (χ1) is 10.1. The molecule has 4 atom stereocenters. The van der Waals surface area contributed by atoms with Crippen molar-refractivity contribution in [3.05, 3.63) is 34.9 Å². The van der Waals surface area contributed by atoms with Gasteiger partial charge in [-0.1, -0.05) is 23.7 Å². The van der Waals surface area contributed by atoms with Crippen molar-refractivity contribution in [3.8, 4) is 0 Å². The van der Waals surface area contributed by atoms with Crippen molar-refractivity contribution in [2.45, 2.75) is 25.8 Å². The third-order valence-electron chi connectivity index (χ3n) is 4.85. The number of carboxylic acid groups (broad SMARTS) is 1. The van der Waals surface area contributed by atoms with Gasteiger partial charge in [0, 0.05) is 29.4 Å². The zero-order valence-corrected chi connectivity index (χ0v) is 12.3. The highest BCUT2D eigenvalue weighted by molar-refractivity contribution is 6.30. The summed E-state index contributed by atoms with van der Waals surface area (Å²) in [4.78, 5) is 23.7. The van der Waals surface area contributed by atoms with Gasteiger partial charge in [0.15, 0.2) is 0 Å². The van der Waals surface area contributed by atoms with Crippen molar-refractivity contribution in [2.75, 3.05) is 0 Å². The summed E-state index contributed by atoms with van der Waals surface area (Å²) in [6.45, 7) is 0.368. The van der Waals surface area contributed by atoms with Crippen LogP contribution in [-0.2, 0) is 16.1 Å². The largest absolute Gasteiger partial charge is 0.550 e. The van der Waals surface area contributed by atoms with Crippen LogP contribution in [0.2, 0.25) is 5.02 Å². The van der Waals surface area contributed by atoms with Gasteiger partial charge in [0.1, 0.15) is 0 Å². The van der Waals surface area contributed by atoms with Gasteiger partial charge in [-0.3, -0.25) is 4.79 Å². The molecule has 4 nitrogen and oxygen atoms in total. The first-order valence-electron chi connectivity index (χ1n) is 7.29. The Labute approximate surface area is 128 Å². The quantitative estimate of drug-likeness (QED) is 0.913. The van der Waals surface area contributed by atoms with E-state index in [1.54, 1.807) is 12.1 Å². The summed E-state index contributed by atoms with van der Waals surface area (Å²) < 4.78 is 0. The van der Waals surface area contributed by atoms with E-state index in [4.69, 9.17) is 11.6 Å². The van der Waals surface area contributed by atoms with Crippen LogP contribution in [0, 0.1) is 23.7 Å². The number of hydrogen-bond donors (Lipinski definition) is 1. The number of benzene rings is 1. The van der Waals surface area contributed by atoms with Gasteiger partial charge in [-0.15, -0.1) is 0 Å². The van der Waals surface area contributed by atoms with Crippen molar-refractivity contribution >= 4 is 23.5 Å². The molecule has 0 radical (unpaired) electrons. The molecule has 112 valence electrons. The van der Waals surface area contributed by atoms with E-state index in [0.29, 0.717) is 11.6 Å². The average molecular weight is 307 g/mol. The van der Waals surface area contributed by atoms with E-state index in [-0.39, 0.29) is 17.7 Å². The number of fused-ring (bicyclic) bond motifs is 2. The Balaban J connectivity index is 1.66. The molecule has 2 aliphatic carbocycles. The van der Waals surface area contributed by atoms with Gasteiger partial charge in [0.2, 0.25) is 5.91 Å². The number of hydrogen-bond acceptors (Lipinski definition) is 3. The summed E-state index contributed by atoms with van der Waals surface area (Å²) in [6.07, 6.45) is 2.69. The standard InChI is InChI=1S/C16H18ClNO3/c17-12-3-1-2-9(6-12)8-18-15(19)13-10-4-5-11(7-10)14(13)16(20)21/h1-3,6,10-11,13-14H,4-5,7-8H2,(H,18,19)(H,20,21)/p-1/t10-,11+,13+,14+/m1/s1. The summed E-state index contributed by atoms with van der Waals surface area (Å²) in [5.74, 6) is -2.00. The van der Waals surface area contributed by atoms with Crippen LogP contribution in [0.1, 0.15) is 24.8 Å². The Morgan fingerprint density at radius 2 is 1.95 bits per heavy atom. The summed E-state index contributed by atoms with van der Waals surface area (Å²) >= 11 is 5.90. The van der Waals surface area contributed by atoms with Crippen LogP contribution in [0.25, 0.3) is 0 Å². The van der Waals surface area contributed by atoms with E-state index in [1.807, 2.05) is 12.1 Å². The van der Waals surface area contributed by atoms with Gasteiger partial charge >= 0.3 is 0 Å². The van der Waals surface area contributed by atoms with Crippen molar-refractivity contribution in [1.82, 2.24) is 5.32 Å². The predicted molar refractivity (Wildman–Crippen MR) is 76.1 cm³/mol. The maximum Gasteiger partial charge on any atom is 0.224 e. The van der Waals surface area contributed by atoms with E-state index in [1.165, 1.54) is 0 Å². The molecular weight excluding hydrogens is 290 g/mol. The Bertz CT molecular complexity index is 574. The Hall–Kier alpha value is -1.55. The van der Waals surface area contributed by atoms with Crippen LogP contribution in [0.5, 0.6) is 0 Å². The Kier molecular flexibility index (Phi) is 3.89. The molecule has 0 saturated heterocycles. The van der Waals surface area contributed by atoms with Gasteiger partial charge < -0.3 is 15.2 Å². The van der Waals surface area contributed by atoms with Gasteiger partial charge in [-0.2, -0.15) is 0 Å². The second kappa shape index (κ2) is 5.68. The first kappa shape index (κ1) is 14.4. The summed E-state index contributed by atoms with van der Waals surface area (Å²) in [5, 5.41) is 14.8. The normalized spacial score (nSPS) is 30.3. The molecular formula is C16H17ClNO3-. The van der Waals surface area contributed by atoms with Gasteiger partial charge in [-0.05, 0) is 48.8 Å². The average Bonchev–Trinajstić information content (AvgIpc) is 3.05. The Morgan fingerprint density at radius 3 is 2.62 bits per heavy atom. The molecule has 2 aliphatic rings. The predicted octanol–water partition coefficient (Wildman–Crippen LogP) is 1.37. The maximum atomic E-state index is 12.4. The molecule has 1 aromatic rings. The molecule has 2 fully saturated rings. The van der Waals surface area contributed by atoms with E-state index in [0.717, 1.165) is 24.8 Å². The fraction of sp³-hybridized carbons (Fsp3) is 0.500. The molecule has 0 spiro atoms. The summed E-state index contributed by atoms with van der Waals surface area (Å²) in [7, 11) is 0. The van der Waals surface area contributed by atoms with Crippen LogP contribution < -0.4 is 10.4 Å². The highest BCUT2D eigenvalue weighted by Gasteiger charge is 2.51. The molecule has 0 unspecified atom stereocenters. The topological polar surface area (TPSA) is 69.2 Å². The highest BCUT2D eigenvalue weighted by atomic mass is 35.5. The smallest absolute Gasteiger partial charge is 0.224 e. The van der Waals surface area contributed by atoms with Crippen molar-refractivity contribution in [3.63, 3.8) is 0 Å². The Morgan fingerprint density at radius 1 is 1.24 bits per heavy atom. The summed E-state index contributed by atoms with van der Waals surface area (Å²) in [5.41, 5.74) is 0.906. The number of amides is 1. The van der Waals surface area contributed by atoms with E-state index >= 15 is 0 Å². The lowest BCUT2D eigenvalue weighted by Gasteiger charge is -2.30. The SMILES string of the molecule is O=C([O-])[C@H]1[C@H]2CC[C@H](C2)[C@@H]1C(=O)NCc1cccc(Cl)c1. The number of nitrogens with one attached hydrogen (secondary N) is 1. The van der Waals surface area contributed by atoms with Gasteiger partial charge in [-0.25, -0.2) is 0 Å². The number of carbonyl (C=O) groups excluding carboxylic acids is 2. The molecule has 5 heteroatoms. The number of rotatable bonds is 4. The highest BCUT2D eigenvalue weighted by Crippen LogP contribution is 2.52. The minimum atomic E-state index is -1.08. The minimum absolute atomic E-state index is 0.113. The molecule has 0 aromatic heterocycles. The molecule has 0 aliphatic heterocycles. The summed E-state index contributed by atoms with van der Waals surface area (Å²) in [6, 6.07) is 7.27. The molecule has 1 N–H and O–H groups in total. The van der Waals surface area contributed by atoms with Crippen LogP contribution >= 0.6 is 11.6 Å². The van der Waals surface area contributed by atoms with Crippen molar-refractivity contribution in [1.29, 1.82) is 0 Å². The van der Waals surface area contributed by atoms with Gasteiger partial charge in [0.25, 0.3) is 0 Å². The third-order valence-corrected chi connectivity index (χ3v) is 5.08. The number of carbonyl (C=O) groups is 2. The maximum absolute atomic E-state index is 12.4. The molecule has 1 aromatic carbocycles. The lowest BCUT2D eigenvalue weighted by molar-refractivity contribution is -0.314. The second-order valence-corrected chi connectivity index (χ2v) is 6.49. The first-order valence-corrected chi connectivity index (χ1v) is 7.67. The van der Waals surface area contributed by atoms with Crippen LogP contribution in [0.3, 0.4) is 0 Å². The van der Waals surface area contributed by atoms with Crippen LogP contribution in [0.15, 0.2) is 24.3 Å². The second-order valence-electron chi connectivity index (χ2n) is 6.05. The molecule has 2 bridgehead atoms. The lowest BCUT2D eigenvalue weighted by atomic mass is 9.78. The molecule has 1 amide bonds. The molecule has 21 heavy (non-hydrogen) atoms. The third kappa shape index (κ3) is 2.77. The number of aliphatic carboxylic acids is 1. The monoisotopic (exact) mass is 306 g/mol.